The summed E-state index contributed by atoms with van der Waals surface area (Å²) in [5.74, 6) is 0.642. The molecule has 0 radical (unpaired) electrons. The molecule has 22 heavy (non-hydrogen) atoms. The normalized spacial score (nSPS) is 15.0. The van der Waals surface area contributed by atoms with Crippen LogP contribution in [-0.2, 0) is 0 Å². The predicted octanol–water partition coefficient (Wildman–Crippen LogP) is -0.195. The first-order valence-corrected chi connectivity index (χ1v) is 8.11. The minimum Gasteiger partial charge on any atom is -1.00 e. The first-order valence-electron chi connectivity index (χ1n) is 8.11. The molecular weight excluding hydrogens is 300 g/mol. The van der Waals surface area contributed by atoms with Gasteiger partial charge >= 0.3 is 0 Å². The molecule has 1 saturated carbocycles. The van der Waals surface area contributed by atoms with Crippen molar-refractivity contribution >= 4 is 11.6 Å². The Hall–Kier alpha value is -1.26. The van der Waals surface area contributed by atoms with Gasteiger partial charge in [-0.05, 0) is 38.2 Å². The molecule has 4 nitrogen and oxygen atoms in total. The highest BCUT2D eigenvalue weighted by molar-refractivity contribution is 5.97. The zero-order valence-electron chi connectivity index (χ0n) is 13.4. The molecule has 2 rings (SSSR count). The molecule has 1 aromatic rings. The molecule has 1 amide bonds. The molecule has 0 unspecified atom stereocenters. The lowest BCUT2D eigenvalue weighted by Crippen LogP contribution is -3.00. The van der Waals surface area contributed by atoms with Crippen molar-refractivity contribution in [1.82, 2.24) is 5.32 Å². The number of hydrogen-bond donors (Lipinski definition) is 2. The Morgan fingerprint density at radius 3 is 2.73 bits per heavy atom. The maximum atomic E-state index is 12.3. The highest BCUT2D eigenvalue weighted by Gasteiger charge is 2.19. The Bertz CT molecular complexity index is 474. The predicted molar refractivity (Wildman–Crippen MR) is 83.7 cm³/mol. The second-order valence-electron chi connectivity index (χ2n) is 5.82. The van der Waals surface area contributed by atoms with E-state index < -0.39 is 0 Å². The molecule has 4 N–H and O–H groups in total. The van der Waals surface area contributed by atoms with Gasteiger partial charge in [-0.1, -0.05) is 19.8 Å². The van der Waals surface area contributed by atoms with Crippen LogP contribution in [0.5, 0.6) is 5.75 Å². The molecule has 1 aliphatic carbocycles. The number of amides is 1. The van der Waals surface area contributed by atoms with Gasteiger partial charge in [-0.3, -0.25) is 4.79 Å². The number of carbonyl (C=O) groups excluding carboxylic acids is 1. The Morgan fingerprint density at radius 1 is 1.32 bits per heavy atom. The van der Waals surface area contributed by atoms with E-state index in [0.29, 0.717) is 17.9 Å². The van der Waals surface area contributed by atoms with Gasteiger partial charge in [0.05, 0.1) is 11.7 Å². The van der Waals surface area contributed by atoms with Crippen molar-refractivity contribution in [2.75, 3.05) is 6.54 Å². The number of quaternary nitrogens is 1. The van der Waals surface area contributed by atoms with Crippen LogP contribution in [0.4, 0.5) is 5.69 Å². The van der Waals surface area contributed by atoms with Gasteiger partial charge in [-0.25, -0.2) is 0 Å². The zero-order valence-corrected chi connectivity index (χ0v) is 14.1. The summed E-state index contributed by atoms with van der Waals surface area (Å²) in [4.78, 5) is 12.3. The fraction of sp³-hybridized carbons (Fsp3) is 0.588. The van der Waals surface area contributed by atoms with Gasteiger partial charge in [0, 0.05) is 18.7 Å². The summed E-state index contributed by atoms with van der Waals surface area (Å²) in [7, 11) is 0. The minimum absolute atomic E-state index is 0. The largest absolute Gasteiger partial charge is 1.00 e. The summed E-state index contributed by atoms with van der Waals surface area (Å²) in [6.45, 7) is 2.82. The van der Waals surface area contributed by atoms with Crippen molar-refractivity contribution in [3.05, 3.63) is 23.8 Å². The maximum Gasteiger partial charge on any atom is 0.255 e. The average molecular weight is 327 g/mol. The lowest BCUT2D eigenvalue weighted by molar-refractivity contribution is -0.254. The molecule has 1 fully saturated rings. The number of hydrogen-bond acceptors (Lipinski definition) is 2. The highest BCUT2D eigenvalue weighted by Crippen LogP contribution is 2.27. The van der Waals surface area contributed by atoms with Gasteiger partial charge < -0.3 is 28.2 Å². The van der Waals surface area contributed by atoms with E-state index in [9.17, 15) is 4.79 Å². The molecule has 0 atom stereocenters. The second kappa shape index (κ2) is 9.70. The van der Waals surface area contributed by atoms with E-state index in [1.165, 1.54) is 19.3 Å². The summed E-state index contributed by atoms with van der Waals surface area (Å²) in [5, 5.41) is 2.96. The Morgan fingerprint density at radius 2 is 2.05 bits per heavy atom. The molecule has 0 spiro atoms. The van der Waals surface area contributed by atoms with Gasteiger partial charge in [0.1, 0.15) is 11.4 Å². The van der Waals surface area contributed by atoms with Crippen LogP contribution in [0, 0.1) is 0 Å². The minimum atomic E-state index is -0.0558. The number of carbonyl (C=O) groups is 1. The Labute approximate surface area is 139 Å². The molecule has 1 aliphatic rings. The van der Waals surface area contributed by atoms with Crippen LogP contribution in [0.3, 0.4) is 0 Å². The number of unbranched alkanes of at least 4 members (excludes halogenated alkanes) is 1. The lowest BCUT2D eigenvalue weighted by Gasteiger charge is -2.24. The summed E-state index contributed by atoms with van der Waals surface area (Å²) in [5.41, 5.74) is 5.37. The number of nitrogens with one attached hydrogen (secondary N) is 1. The van der Waals surface area contributed by atoms with Gasteiger partial charge in [-0.2, -0.15) is 0 Å². The molecular formula is C17H27ClN2O2. The van der Waals surface area contributed by atoms with E-state index in [1.807, 2.05) is 18.2 Å². The zero-order chi connectivity index (χ0) is 15.1. The first-order chi connectivity index (χ1) is 10.2. The standard InChI is InChI=1S/C17H26N2O2.ClH/c1-2-3-11-19-17(20)15-12-13(18)9-10-16(15)21-14-7-5-4-6-8-14;/h9-10,12,14H,2-8,11,18H2,1H3,(H,19,20);1H. The van der Waals surface area contributed by atoms with Crippen LogP contribution < -0.4 is 28.2 Å². The van der Waals surface area contributed by atoms with Crippen molar-refractivity contribution in [2.45, 2.75) is 58.0 Å². The van der Waals surface area contributed by atoms with Crippen LogP contribution in [0.2, 0.25) is 0 Å². The smallest absolute Gasteiger partial charge is 0.255 e. The number of rotatable bonds is 6. The van der Waals surface area contributed by atoms with Gasteiger partial charge in [-0.15, -0.1) is 0 Å². The first kappa shape index (κ1) is 18.8. The van der Waals surface area contributed by atoms with E-state index >= 15 is 0 Å². The van der Waals surface area contributed by atoms with Gasteiger partial charge in [0.25, 0.3) is 5.91 Å². The third kappa shape index (κ3) is 5.50. The topological polar surface area (TPSA) is 66.0 Å². The van der Waals surface area contributed by atoms with E-state index in [1.54, 1.807) is 0 Å². The third-order valence-electron chi connectivity index (χ3n) is 3.95. The molecule has 0 saturated heterocycles. The summed E-state index contributed by atoms with van der Waals surface area (Å²) < 4.78 is 6.08. The van der Waals surface area contributed by atoms with Crippen molar-refractivity contribution in [2.24, 2.45) is 0 Å². The van der Waals surface area contributed by atoms with E-state index in [2.05, 4.69) is 18.0 Å². The van der Waals surface area contributed by atoms with Crippen molar-refractivity contribution in [3.8, 4) is 5.75 Å². The average Bonchev–Trinajstić information content (AvgIpc) is 2.50. The summed E-state index contributed by atoms with van der Waals surface area (Å²) >= 11 is 0. The van der Waals surface area contributed by atoms with Crippen LogP contribution in [0.1, 0.15) is 62.2 Å². The summed E-state index contributed by atoms with van der Waals surface area (Å²) in [6.07, 6.45) is 8.22. The molecule has 0 aromatic heterocycles. The highest BCUT2D eigenvalue weighted by atomic mass is 35.5. The number of ether oxygens (including phenoxy) is 1. The molecule has 0 bridgehead atoms. The SMILES string of the molecule is CCCCNC(=O)c1cc([NH3+])ccc1OC1CCCCC1.[Cl-]. The molecule has 124 valence electrons. The molecule has 0 aliphatic heterocycles. The Kier molecular flexibility index (Phi) is 8.28. The van der Waals surface area contributed by atoms with Crippen LogP contribution >= 0.6 is 0 Å². The van der Waals surface area contributed by atoms with Gasteiger partial charge in [0.15, 0.2) is 0 Å². The van der Waals surface area contributed by atoms with E-state index in [4.69, 9.17) is 4.74 Å². The third-order valence-corrected chi connectivity index (χ3v) is 3.95. The quantitative estimate of drug-likeness (QED) is 0.711. The van der Waals surface area contributed by atoms with E-state index in [0.717, 1.165) is 31.4 Å². The monoisotopic (exact) mass is 326 g/mol. The molecule has 0 heterocycles. The van der Waals surface area contributed by atoms with Crippen molar-refractivity contribution in [3.63, 3.8) is 0 Å². The van der Waals surface area contributed by atoms with Crippen LogP contribution in [0.25, 0.3) is 0 Å². The molecule has 5 heteroatoms. The van der Waals surface area contributed by atoms with Crippen LogP contribution in [-0.4, -0.2) is 18.6 Å². The molecule has 1 aromatic carbocycles. The number of halogens is 1. The maximum absolute atomic E-state index is 12.3. The van der Waals surface area contributed by atoms with Crippen molar-refractivity contribution < 1.29 is 27.7 Å². The van der Waals surface area contributed by atoms with E-state index in [-0.39, 0.29) is 24.4 Å². The van der Waals surface area contributed by atoms with Crippen molar-refractivity contribution in [1.29, 1.82) is 0 Å². The lowest BCUT2D eigenvalue weighted by atomic mass is 9.97. The fourth-order valence-corrected chi connectivity index (χ4v) is 2.69. The second-order valence-corrected chi connectivity index (χ2v) is 5.82. The van der Waals surface area contributed by atoms with Gasteiger partial charge in [0.2, 0.25) is 0 Å². The number of benzene rings is 1. The summed E-state index contributed by atoms with van der Waals surface area (Å²) in [6, 6.07) is 5.60. The van der Waals surface area contributed by atoms with Crippen LogP contribution in [0.15, 0.2) is 18.2 Å². The Balaban J connectivity index is 0.00000242. The fourth-order valence-electron chi connectivity index (χ4n) is 2.69.